The molecule has 0 radical (unpaired) electrons. The van der Waals surface area contributed by atoms with Crippen molar-refractivity contribution in [3.05, 3.63) is 17.8 Å². The van der Waals surface area contributed by atoms with Crippen LogP contribution in [0.1, 0.15) is 71.1 Å². The number of hydrogen-bond donors (Lipinski definition) is 1. The monoisotopic (exact) mass is 278 g/mol. The van der Waals surface area contributed by atoms with Crippen LogP contribution in [-0.4, -0.2) is 11.5 Å². The number of aryl methyl sites for hydroxylation is 1. The Morgan fingerprint density at radius 3 is 2.45 bits per heavy atom. The van der Waals surface area contributed by atoms with Crippen LogP contribution in [0.5, 0.6) is 0 Å². The maximum atomic E-state index is 5.57. The van der Waals surface area contributed by atoms with Crippen molar-refractivity contribution in [3.63, 3.8) is 0 Å². The molecule has 0 aliphatic heterocycles. The van der Waals surface area contributed by atoms with E-state index in [2.05, 4.69) is 38.0 Å². The Morgan fingerprint density at radius 1 is 1.30 bits per heavy atom. The third kappa shape index (κ3) is 4.08. The lowest BCUT2D eigenvalue weighted by Gasteiger charge is -2.37. The molecule has 1 fully saturated rings. The molecule has 1 aliphatic carbocycles. The first-order chi connectivity index (χ1) is 9.36. The predicted molar refractivity (Wildman–Crippen MR) is 82.6 cm³/mol. The fourth-order valence-electron chi connectivity index (χ4n) is 3.24. The summed E-state index contributed by atoms with van der Waals surface area (Å²) in [5.74, 6) is 3.41. The summed E-state index contributed by atoms with van der Waals surface area (Å²) in [5, 5.41) is 3.58. The Bertz CT molecular complexity index is 411. The van der Waals surface area contributed by atoms with E-state index >= 15 is 0 Å². The van der Waals surface area contributed by atoms with Crippen molar-refractivity contribution < 1.29 is 4.42 Å². The Balaban J connectivity index is 1.73. The van der Waals surface area contributed by atoms with Crippen molar-refractivity contribution in [1.29, 1.82) is 0 Å². The third-order valence-electron chi connectivity index (χ3n) is 4.79. The smallest absolute Gasteiger partial charge is 0.211 e. The Kier molecular flexibility index (Phi) is 4.90. The highest BCUT2D eigenvalue weighted by atomic mass is 16.4. The molecule has 1 atom stereocenters. The second-order valence-corrected chi connectivity index (χ2v) is 7.52. The molecule has 1 N–H and O–H groups in total. The van der Waals surface area contributed by atoms with Crippen molar-refractivity contribution in [2.24, 2.45) is 17.3 Å². The molecule has 1 heterocycles. The van der Waals surface area contributed by atoms with Gasteiger partial charge in [0.05, 0.1) is 12.2 Å². The second-order valence-electron chi connectivity index (χ2n) is 7.52. The highest BCUT2D eigenvalue weighted by Gasteiger charge is 2.29. The van der Waals surface area contributed by atoms with Gasteiger partial charge in [-0.2, -0.15) is 0 Å². The molecular weight excluding hydrogens is 248 g/mol. The second kappa shape index (κ2) is 6.30. The van der Waals surface area contributed by atoms with E-state index in [-0.39, 0.29) is 6.04 Å². The zero-order valence-corrected chi connectivity index (χ0v) is 13.7. The van der Waals surface area contributed by atoms with Gasteiger partial charge in [0, 0.05) is 0 Å². The van der Waals surface area contributed by atoms with Crippen molar-refractivity contribution in [1.82, 2.24) is 10.3 Å². The van der Waals surface area contributed by atoms with Gasteiger partial charge in [0.15, 0.2) is 0 Å². The molecule has 0 aromatic carbocycles. The van der Waals surface area contributed by atoms with Crippen molar-refractivity contribution in [3.8, 4) is 0 Å². The molecule has 1 aliphatic rings. The molecule has 0 amide bonds. The van der Waals surface area contributed by atoms with Crippen molar-refractivity contribution in [2.45, 2.75) is 66.3 Å². The average Bonchev–Trinajstić information content (AvgIpc) is 2.82. The first-order valence-corrected chi connectivity index (χ1v) is 8.02. The van der Waals surface area contributed by atoms with E-state index in [0.717, 1.165) is 30.0 Å². The van der Waals surface area contributed by atoms with Crippen LogP contribution in [0.2, 0.25) is 0 Å². The zero-order chi connectivity index (χ0) is 14.8. The number of aromatic nitrogens is 1. The highest BCUT2D eigenvalue weighted by molar-refractivity contribution is 4.95. The molecule has 1 aromatic rings. The van der Waals surface area contributed by atoms with Gasteiger partial charge in [-0.1, -0.05) is 20.8 Å². The third-order valence-corrected chi connectivity index (χ3v) is 4.79. The van der Waals surface area contributed by atoms with Crippen molar-refractivity contribution in [2.75, 3.05) is 6.54 Å². The van der Waals surface area contributed by atoms with E-state index in [1.165, 1.54) is 25.7 Å². The van der Waals surface area contributed by atoms with Crippen LogP contribution >= 0.6 is 0 Å². The summed E-state index contributed by atoms with van der Waals surface area (Å²) in [7, 11) is 0. The minimum absolute atomic E-state index is 0.212. The van der Waals surface area contributed by atoms with Gasteiger partial charge in [0.1, 0.15) is 5.76 Å². The van der Waals surface area contributed by atoms with Crippen LogP contribution in [0.15, 0.2) is 10.6 Å². The molecule has 0 bridgehead atoms. The quantitative estimate of drug-likeness (QED) is 0.882. The Morgan fingerprint density at radius 2 is 1.95 bits per heavy atom. The molecule has 1 unspecified atom stereocenters. The van der Waals surface area contributed by atoms with Crippen LogP contribution in [0.3, 0.4) is 0 Å². The van der Waals surface area contributed by atoms with Crippen molar-refractivity contribution >= 4 is 0 Å². The zero-order valence-electron chi connectivity index (χ0n) is 13.7. The molecule has 3 heteroatoms. The molecule has 1 aromatic heterocycles. The topological polar surface area (TPSA) is 38.1 Å². The summed E-state index contributed by atoms with van der Waals surface area (Å²) in [4.78, 5) is 4.29. The molecule has 0 spiro atoms. The largest absolute Gasteiger partial charge is 0.444 e. The van der Waals surface area contributed by atoms with E-state index in [0.29, 0.717) is 5.41 Å². The highest BCUT2D eigenvalue weighted by Crippen LogP contribution is 2.39. The fraction of sp³-hybridized carbons (Fsp3) is 0.824. The number of rotatable bonds is 4. The summed E-state index contributed by atoms with van der Waals surface area (Å²) in [5.41, 5.74) is 0.474. The van der Waals surface area contributed by atoms with Gasteiger partial charge in [0.25, 0.3) is 0 Å². The van der Waals surface area contributed by atoms with Crippen LogP contribution in [-0.2, 0) is 0 Å². The lowest BCUT2D eigenvalue weighted by molar-refractivity contribution is 0.147. The van der Waals surface area contributed by atoms with E-state index in [1.807, 2.05) is 6.92 Å². The lowest BCUT2D eigenvalue weighted by atomic mass is 9.70. The lowest BCUT2D eigenvalue weighted by Crippen LogP contribution is -2.31. The first-order valence-electron chi connectivity index (χ1n) is 8.02. The van der Waals surface area contributed by atoms with Crippen LogP contribution in [0.25, 0.3) is 0 Å². The number of hydrogen-bond acceptors (Lipinski definition) is 3. The van der Waals surface area contributed by atoms with Gasteiger partial charge in [-0.25, -0.2) is 4.98 Å². The van der Waals surface area contributed by atoms with Crippen LogP contribution in [0, 0.1) is 24.2 Å². The maximum absolute atomic E-state index is 5.57. The van der Waals surface area contributed by atoms with E-state index < -0.39 is 0 Å². The summed E-state index contributed by atoms with van der Waals surface area (Å²) < 4.78 is 5.57. The average molecular weight is 278 g/mol. The number of nitrogens with zero attached hydrogens (tertiary/aromatic N) is 1. The predicted octanol–water partition coefficient (Wildman–Crippen LogP) is 4.49. The van der Waals surface area contributed by atoms with Crippen LogP contribution in [0.4, 0.5) is 0 Å². The fourth-order valence-corrected chi connectivity index (χ4v) is 3.24. The molecule has 0 saturated heterocycles. The van der Waals surface area contributed by atoms with Gasteiger partial charge in [-0.15, -0.1) is 0 Å². The molecular formula is C17H30N2O. The van der Waals surface area contributed by atoms with Gasteiger partial charge in [0.2, 0.25) is 5.89 Å². The minimum atomic E-state index is 0.212. The Hall–Kier alpha value is -0.830. The summed E-state index contributed by atoms with van der Waals surface area (Å²) in [6.07, 6.45) is 7.26. The van der Waals surface area contributed by atoms with Gasteiger partial charge in [-0.05, 0) is 63.3 Å². The SMILES string of the molecule is Cc1cnc(C(C)NCC2CCC(C(C)(C)C)CC2)o1. The molecule has 1 saturated carbocycles. The summed E-state index contributed by atoms with van der Waals surface area (Å²) in [6.45, 7) is 12.3. The van der Waals surface area contributed by atoms with Gasteiger partial charge in [-0.3, -0.25) is 0 Å². The Labute approximate surface area is 123 Å². The first kappa shape index (κ1) is 15.6. The molecule has 3 nitrogen and oxygen atoms in total. The molecule has 2 rings (SSSR count). The van der Waals surface area contributed by atoms with E-state index in [1.54, 1.807) is 6.20 Å². The van der Waals surface area contributed by atoms with Gasteiger partial charge >= 0.3 is 0 Å². The number of nitrogens with one attached hydrogen (secondary N) is 1. The number of oxazole rings is 1. The maximum Gasteiger partial charge on any atom is 0.211 e. The molecule has 114 valence electrons. The van der Waals surface area contributed by atoms with E-state index in [4.69, 9.17) is 4.42 Å². The minimum Gasteiger partial charge on any atom is -0.444 e. The molecule has 20 heavy (non-hydrogen) atoms. The summed E-state index contributed by atoms with van der Waals surface area (Å²) >= 11 is 0. The standard InChI is InChI=1S/C17H30N2O/c1-12-10-19-16(20-12)13(2)18-11-14-6-8-15(9-7-14)17(3,4)5/h10,13-15,18H,6-9,11H2,1-5H3. The van der Waals surface area contributed by atoms with Gasteiger partial charge < -0.3 is 9.73 Å². The van der Waals surface area contributed by atoms with E-state index in [9.17, 15) is 0 Å². The normalized spacial score (nSPS) is 25.6. The van der Waals surface area contributed by atoms with Crippen LogP contribution < -0.4 is 5.32 Å². The summed E-state index contributed by atoms with van der Waals surface area (Å²) in [6, 6.07) is 0.212.